The maximum absolute atomic E-state index is 13.4. The van der Waals surface area contributed by atoms with Gasteiger partial charge in [0, 0.05) is 5.70 Å². The second kappa shape index (κ2) is 9.78. The first-order chi connectivity index (χ1) is 15.4. The number of carbonyl (C=O) groups is 2. The first-order valence-corrected chi connectivity index (χ1v) is 10.2. The number of carbonyl (C=O) groups excluding carboxylic acids is 2. The fourth-order valence-electron chi connectivity index (χ4n) is 3.50. The van der Waals surface area contributed by atoms with Gasteiger partial charge in [0.05, 0.1) is 49.8 Å². The first-order valence-electron chi connectivity index (χ1n) is 9.86. The summed E-state index contributed by atoms with van der Waals surface area (Å²) >= 11 is 6.26. The number of esters is 1. The number of ether oxygens (including phenoxy) is 4. The summed E-state index contributed by atoms with van der Waals surface area (Å²) in [7, 11) is 4.32. The number of methoxy groups -OCH3 is 3. The van der Waals surface area contributed by atoms with Gasteiger partial charge in [-0.15, -0.1) is 0 Å². The van der Waals surface area contributed by atoms with Crippen LogP contribution in [0.4, 0.5) is 5.69 Å². The highest BCUT2D eigenvalue weighted by atomic mass is 35.5. The maximum Gasteiger partial charge on any atom is 0.340 e. The number of allylic oxidation sites excluding steroid dienone is 1. The molecular formula is C24H24ClNO6. The lowest BCUT2D eigenvalue weighted by Gasteiger charge is -2.19. The molecule has 0 N–H and O–H groups in total. The minimum atomic E-state index is -0.609. The molecule has 1 aliphatic heterocycles. The fourth-order valence-corrected chi connectivity index (χ4v) is 3.75. The van der Waals surface area contributed by atoms with Crippen LogP contribution >= 0.6 is 11.6 Å². The molecule has 0 unspecified atom stereocenters. The molecule has 32 heavy (non-hydrogen) atoms. The molecule has 0 fully saturated rings. The van der Waals surface area contributed by atoms with Gasteiger partial charge < -0.3 is 18.9 Å². The second-order valence-corrected chi connectivity index (χ2v) is 7.22. The number of halogens is 1. The Balaban J connectivity index is 2.11. The van der Waals surface area contributed by atoms with Crippen molar-refractivity contribution >= 4 is 35.2 Å². The van der Waals surface area contributed by atoms with Gasteiger partial charge in [0.25, 0.3) is 5.91 Å². The number of nitrogens with zero attached hydrogens (tertiary/aromatic N) is 1. The van der Waals surface area contributed by atoms with Crippen molar-refractivity contribution in [1.82, 2.24) is 0 Å². The van der Waals surface area contributed by atoms with Gasteiger partial charge in [-0.3, -0.25) is 9.69 Å². The average Bonchev–Trinajstić information content (AvgIpc) is 3.03. The SMILES string of the molecule is CCOc1ccc(/C=C2\C(=O)N(c3ccc(OC)c(Cl)c3)C(C)=C2C(=O)OC)cc1OC. The summed E-state index contributed by atoms with van der Waals surface area (Å²) in [6, 6.07) is 10.2. The quantitative estimate of drug-likeness (QED) is 0.445. The predicted molar refractivity (Wildman–Crippen MR) is 122 cm³/mol. The maximum atomic E-state index is 13.4. The molecule has 1 aliphatic rings. The summed E-state index contributed by atoms with van der Waals surface area (Å²) < 4.78 is 21.1. The van der Waals surface area contributed by atoms with E-state index in [0.29, 0.717) is 45.8 Å². The lowest BCUT2D eigenvalue weighted by atomic mass is 10.0. The Morgan fingerprint density at radius 3 is 2.31 bits per heavy atom. The summed E-state index contributed by atoms with van der Waals surface area (Å²) in [4.78, 5) is 27.4. The van der Waals surface area contributed by atoms with Crippen molar-refractivity contribution in [3.8, 4) is 17.2 Å². The van der Waals surface area contributed by atoms with Gasteiger partial charge in [-0.05, 0) is 55.8 Å². The largest absolute Gasteiger partial charge is 0.495 e. The number of hydrogen-bond donors (Lipinski definition) is 0. The van der Waals surface area contributed by atoms with E-state index in [1.807, 2.05) is 6.92 Å². The van der Waals surface area contributed by atoms with Gasteiger partial charge in [0.1, 0.15) is 5.75 Å². The van der Waals surface area contributed by atoms with E-state index in [0.717, 1.165) is 0 Å². The van der Waals surface area contributed by atoms with Crippen LogP contribution in [-0.4, -0.2) is 39.8 Å². The standard InChI is InChI=1S/C24H24ClNO6/c1-6-32-20-9-7-15(12-21(20)30-4)11-17-22(24(28)31-5)14(2)26(23(17)27)16-8-10-19(29-3)18(25)13-16/h7-13H,6H2,1-5H3/b17-11-. The zero-order valence-corrected chi connectivity index (χ0v) is 19.3. The summed E-state index contributed by atoms with van der Waals surface area (Å²) in [5.41, 5.74) is 1.99. The molecule has 0 saturated heterocycles. The van der Waals surface area contributed by atoms with E-state index in [1.165, 1.54) is 26.2 Å². The Labute approximate surface area is 191 Å². The number of benzene rings is 2. The van der Waals surface area contributed by atoms with Crippen molar-refractivity contribution in [2.75, 3.05) is 32.8 Å². The second-order valence-electron chi connectivity index (χ2n) is 6.81. The molecule has 1 amide bonds. The lowest BCUT2D eigenvalue weighted by Crippen LogP contribution is -2.24. The van der Waals surface area contributed by atoms with Crippen molar-refractivity contribution in [2.24, 2.45) is 0 Å². The fraction of sp³-hybridized carbons (Fsp3) is 0.250. The van der Waals surface area contributed by atoms with Gasteiger partial charge in [0.15, 0.2) is 11.5 Å². The van der Waals surface area contributed by atoms with Crippen molar-refractivity contribution in [2.45, 2.75) is 13.8 Å². The van der Waals surface area contributed by atoms with Crippen LogP contribution in [0.15, 0.2) is 53.2 Å². The van der Waals surface area contributed by atoms with Crippen LogP contribution in [0.1, 0.15) is 19.4 Å². The predicted octanol–water partition coefficient (Wildman–Crippen LogP) is 4.63. The van der Waals surface area contributed by atoms with Gasteiger partial charge in [-0.2, -0.15) is 0 Å². The molecule has 0 saturated carbocycles. The van der Waals surface area contributed by atoms with Crippen molar-refractivity contribution in [3.05, 3.63) is 63.8 Å². The smallest absolute Gasteiger partial charge is 0.340 e. The molecule has 2 aromatic rings. The summed E-state index contributed by atoms with van der Waals surface area (Å²) in [6.07, 6.45) is 1.63. The zero-order valence-electron chi connectivity index (χ0n) is 18.5. The first kappa shape index (κ1) is 23.2. The average molecular weight is 458 g/mol. The van der Waals surface area contributed by atoms with E-state index in [4.69, 9.17) is 30.5 Å². The van der Waals surface area contributed by atoms with E-state index in [1.54, 1.807) is 49.4 Å². The Hall–Kier alpha value is -3.45. The topological polar surface area (TPSA) is 74.3 Å². The lowest BCUT2D eigenvalue weighted by molar-refractivity contribution is -0.136. The van der Waals surface area contributed by atoms with Gasteiger partial charge in [-0.25, -0.2) is 4.79 Å². The van der Waals surface area contributed by atoms with E-state index < -0.39 is 5.97 Å². The van der Waals surface area contributed by atoms with Gasteiger partial charge in [0.2, 0.25) is 0 Å². The molecule has 0 spiro atoms. The third-order valence-corrected chi connectivity index (χ3v) is 5.28. The number of rotatable bonds is 7. The Morgan fingerprint density at radius 1 is 1.03 bits per heavy atom. The molecule has 8 heteroatoms. The minimum absolute atomic E-state index is 0.178. The van der Waals surface area contributed by atoms with Gasteiger partial charge in [-0.1, -0.05) is 17.7 Å². The molecular weight excluding hydrogens is 434 g/mol. The van der Waals surface area contributed by atoms with Gasteiger partial charge >= 0.3 is 5.97 Å². The normalized spacial score (nSPS) is 14.8. The summed E-state index contributed by atoms with van der Waals surface area (Å²) in [5, 5.41) is 0.346. The molecule has 0 aromatic heterocycles. The molecule has 7 nitrogen and oxygen atoms in total. The Kier molecular flexibility index (Phi) is 7.10. The molecule has 0 radical (unpaired) electrons. The Bertz CT molecular complexity index is 1120. The van der Waals surface area contributed by atoms with Crippen LogP contribution in [0, 0.1) is 0 Å². The molecule has 2 aromatic carbocycles. The molecule has 1 heterocycles. The highest BCUT2D eigenvalue weighted by Crippen LogP contribution is 2.38. The van der Waals surface area contributed by atoms with Crippen LogP contribution in [-0.2, 0) is 14.3 Å². The number of hydrogen-bond acceptors (Lipinski definition) is 6. The van der Waals surface area contributed by atoms with E-state index >= 15 is 0 Å². The summed E-state index contributed by atoms with van der Waals surface area (Å²) in [5.74, 6) is 0.600. The third kappa shape index (κ3) is 4.29. The molecule has 0 aliphatic carbocycles. The Morgan fingerprint density at radius 2 is 1.72 bits per heavy atom. The van der Waals surface area contributed by atoms with Crippen LogP contribution in [0.5, 0.6) is 17.2 Å². The van der Waals surface area contributed by atoms with Crippen LogP contribution in [0.2, 0.25) is 5.02 Å². The monoisotopic (exact) mass is 457 g/mol. The molecule has 0 atom stereocenters. The minimum Gasteiger partial charge on any atom is -0.495 e. The van der Waals surface area contributed by atoms with E-state index in [2.05, 4.69) is 0 Å². The molecule has 3 rings (SSSR count). The molecule has 0 bridgehead atoms. The summed E-state index contributed by atoms with van der Waals surface area (Å²) in [6.45, 7) is 4.05. The van der Waals surface area contributed by atoms with Crippen molar-refractivity contribution < 1.29 is 28.5 Å². The van der Waals surface area contributed by atoms with E-state index in [9.17, 15) is 9.59 Å². The number of amides is 1. The molecule has 168 valence electrons. The zero-order chi connectivity index (χ0) is 23.4. The van der Waals surface area contributed by atoms with Crippen LogP contribution in [0.3, 0.4) is 0 Å². The van der Waals surface area contributed by atoms with Crippen LogP contribution < -0.4 is 19.1 Å². The van der Waals surface area contributed by atoms with E-state index in [-0.39, 0.29) is 17.1 Å². The van der Waals surface area contributed by atoms with Crippen molar-refractivity contribution in [1.29, 1.82) is 0 Å². The van der Waals surface area contributed by atoms with Crippen molar-refractivity contribution in [3.63, 3.8) is 0 Å². The highest BCUT2D eigenvalue weighted by Gasteiger charge is 2.38. The number of anilines is 1. The van der Waals surface area contributed by atoms with Crippen LogP contribution in [0.25, 0.3) is 6.08 Å². The third-order valence-electron chi connectivity index (χ3n) is 4.98. The highest BCUT2D eigenvalue weighted by molar-refractivity contribution is 6.32.